The molecular weight excluding hydrogens is 152 g/mol. The summed E-state index contributed by atoms with van der Waals surface area (Å²) in [5.74, 6) is 0. The van der Waals surface area contributed by atoms with Gasteiger partial charge in [-0.2, -0.15) is 0 Å². The molecule has 0 saturated heterocycles. The molecule has 0 aliphatic heterocycles. The Morgan fingerprint density at radius 2 is 2.00 bits per heavy atom. The van der Waals surface area contributed by atoms with Crippen LogP contribution in [-0.4, -0.2) is 49.3 Å². The van der Waals surface area contributed by atoms with Crippen molar-refractivity contribution in [2.24, 2.45) is 0 Å². The van der Waals surface area contributed by atoms with Gasteiger partial charge in [0.2, 0.25) is 0 Å². The van der Waals surface area contributed by atoms with E-state index in [9.17, 15) is 0 Å². The van der Waals surface area contributed by atoms with Gasteiger partial charge < -0.3 is 15.3 Å². The molecule has 0 aromatic rings. The lowest BCUT2D eigenvalue weighted by molar-refractivity contribution is 0.263. The van der Waals surface area contributed by atoms with Gasteiger partial charge in [-0.05, 0) is 40.4 Å². The molecule has 2 N–H and O–H groups in total. The third kappa shape index (κ3) is 6.58. The summed E-state index contributed by atoms with van der Waals surface area (Å²) < 4.78 is 0. The maximum Gasteiger partial charge on any atom is 0.0555 e. The van der Waals surface area contributed by atoms with Crippen LogP contribution in [-0.2, 0) is 0 Å². The monoisotopic (exact) mass is 174 g/mol. The predicted molar refractivity (Wildman–Crippen MR) is 52.3 cm³/mol. The van der Waals surface area contributed by atoms with Crippen LogP contribution in [0.3, 0.4) is 0 Å². The van der Waals surface area contributed by atoms with E-state index in [1.807, 2.05) is 0 Å². The molecule has 0 heterocycles. The summed E-state index contributed by atoms with van der Waals surface area (Å²) in [5.41, 5.74) is 0. The van der Waals surface area contributed by atoms with Crippen molar-refractivity contribution in [3.63, 3.8) is 0 Å². The summed E-state index contributed by atoms with van der Waals surface area (Å²) in [6, 6.07) is 0.628. The summed E-state index contributed by atoms with van der Waals surface area (Å²) in [7, 11) is 2.14. The van der Waals surface area contributed by atoms with E-state index in [0.717, 1.165) is 19.5 Å². The Balaban J connectivity index is 3.08. The van der Waals surface area contributed by atoms with Gasteiger partial charge in [0, 0.05) is 12.6 Å². The van der Waals surface area contributed by atoms with Crippen molar-refractivity contribution in [2.45, 2.75) is 26.3 Å². The fourth-order valence-electron chi connectivity index (χ4n) is 0.916. The first-order valence-corrected chi connectivity index (χ1v) is 4.70. The minimum absolute atomic E-state index is 0.236. The van der Waals surface area contributed by atoms with Gasteiger partial charge in [-0.25, -0.2) is 0 Å². The smallest absolute Gasteiger partial charge is 0.0555 e. The molecule has 0 aliphatic carbocycles. The first kappa shape index (κ1) is 11.9. The maximum absolute atomic E-state index is 8.49. The van der Waals surface area contributed by atoms with Crippen molar-refractivity contribution in [2.75, 3.05) is 33.3 Å². The summed E-state index contributed by atoms with van der Waals surface area (Å²) in [6.45, 7) is 7.46. The molecule has 12 heavy (non-hydrogen) atoms. The average Bonchev–Trinajstić information content (AvgIpc) is 2.03. The van der Waals surface area contributed by atoms with Crippen molar-refractivity contribution in [1.29, 1.82) is 0 Å². The largest absolute Gasteiger partial charge is 0.395 e. The van der Waals surface area contributed by atoms with Crippen LogP contribution < -0.4 is 5.32 Å². The first-order chi connectivity index (χ1) is 5.68. The molecule has 0 aliphatic rings. The molecule has 74 valence electrons. The lowest BCUT2D eigenvalue weighted by Crippen LogP contribution is -2.30. The lowest BCUT2D eigenvalue weighted by atomic mass is 10.3. The third-order valence-electron chi connectivity index (χ3n) is 2.03. The van der Waals surface area contributed by atoms with Gasteiger partial charge in [0.1, 0.15) is 0 Å². The van der Waals surface area contributed by atoms with Crippen LogP contribution in [0.5, 0.6) is 0 Å². The minimum atomic E-state index is 0.236. The Labute approximate surface area is 75.8 Å². The van der Waals surface area contributed by atoms with Crippen molar-refractivity contribution in [3.8, 4) is 0 Å². The van der Waals surface area contributed by atoms with Crippen molar-refractivity contribution < 1.29 is 5.11 Å². The summed E-state index contributed by atoms with van der Waals surface area (Å²) in [5, 5.41) is 11.6. The van der Waals surface area contributed by atoms with E-state index < -0.39 is 0 Å². The summed E-state index contributed by atoms with van der Waals surface area (Å²) in [4.78, 5) is 2.32. The molecule has 0 fully saturated rings. The number of nitrogens with one attached hydrogen (secondary N) is 1. The van der Waals surface area contributed by atoms with Gasteiger partial charge in [0.25, 0.3) is 0 Å². The first-order valence-electron chi connectivity index (χ1n) is 4.70. The van der Waals surface area contributed by atoms with Crippen LogP contribution in [0.1, 0.15) is 20.3 Å². The molecule has 0 bridgehead atoms. The van der Waals surface area contributed by atoms with Gasteiger partial charge in [-0.15, -0.1) is 0 Å². The fraction of sp³-hybridized carbons (Fsp3) is 1.00. The van der Waals surface area contributed by atoms with Crippen LogP contribution in [0.15, 0.2) is 0 Å². The summed E-state index contributed by atoms with van der Waals surface area (Å²) in [6.07, 6.45) is 1.15. The highest BCUT2D eigenvalue weighted by atomic mass is 16.3. The second-order valence-corrected chi connectivity index (χ2v) is 3.40. The van der Waals surface area contributed by atoms with E-state index >= 15 is 0 Å². The zero-order valence-electron chi connectivity index (χ0n) is 8.51. The molecule has 0 saturated carbocycles. The van der Waals surface area contributed by atoms with E-state index in [-0.39, 0.29) is 6.61 Å². The average molecular weight is 174 g/mol. The number of rotatable bonds is 7. The van der Waals surface area contributed by atoms with E-state index in [2.05, 4.69) is 31.1 Å². The van der Waals surface area contributed by atoms with Crippen molar-refractivity contribution in [3.05, 3.63) is 0 Å². The van der Waals surface area contributed by atoms with Gasteiger partial charge >= 0.3 is 0 Å². The number of hydrogen-bond donors (Lipinski definition) is 2. The predicted octanol–water partition coefficient (Wildman–Crippen LogP) is 0.299. The Morgan fingerprint density at radius 3 is 2.50 bits per heavy atom. The molecule has 3 nitrogen and oxygen atoms in total. The molecule has 0 radical (unpaired) electrons. The van der Waals surface area contributed by atoms with E-state index in [1.54, 1.807) is 0 Å². The van der Waals surface area contributed by atoms with Crippen LogP contribution in [0, 0.1) is 0 Å². The molecule has 0 spiro atoms. The number of hydrogen-bond acceptors (Lipinski definition) is 3. The molecule has 0 unspecified atom stereocenters. The quantitative estimate of drug-likeness (QED) is 0.545. The lowest BCUT2D eigenvalue weighted by Gasteiger charge is -2.20. The molecule has 0 aromatic heterocycles. The standard InChI is InChI=1S/C9H22N2O/c1-9(2)11(3)7-4-5-10-6-8-12/h9-10,12H,4-8H2,1-3H3. The number of nitrogens with zero attached hydrogens (tertiary/aromatic N) is 1. The van der Waals surface area contributed by atoms with Crippen LogP contribution >= 0.6 is 0 Å². The third-order valence-corrected chi connectivity index (χ3v) is 2.03. The minimum Gasteiger partial charge on any atom is -0.395 e. The highest BCUT2D eigenvalue weighted by Crippen LogP contribution is 1.93. The van der Waals surface area contributed by atoms with E-state index in [1.165, 1.54) is 0 Å². The Morgan fingerprint density at radius 1 is 1.33 bits per heavy atom. The second-order valence-electron chi connectivity index (χ2n) is 3.40. The Hall–Kier alpha value is -0.120. The SMILES string of the molecule is CC(C)N(C)CCCNCCO. The summed E-state index contributed by atoms with van der Waals surface area (Å²) >= 11 is 0. The molecular formula is C9H22N2O. The molecule has 0 atom stereocenters. The zero-order chi connectivity index (χ0) is 9.40. The van der Waals surface area contributed by atoms with Crippen LogP contribution in [0.25, 0.3) is 0 Å². The van der Waals surface area contributed by atoms with Gasteiger partial charge in [-0.3, -0.25) is 0 Å². The molecule has 3 heteroatoms. The normalized spacial score (nSPS) is 11.5. The maximum atomic E-state index is 8.49. The Kier molecular flexibility index (Phi) is 7.45. The topological polar surface area (TPSA) is 35.5 Å². The zero-order valence-corrected chi connectivity index (χ0v) is 8.51. The molecule has 0 aromatic carbocycles. The van der Waals surface area contributed by atoms with Crippen LogP contribution in [0.4, 0.5) is 0 Å². The number of aliphatic hydroxyl groups is 1. The Bertz CT molecular complexity index is 96.5. The van der Waals surface area contributed by atoms with Gasteiger partial charge in [-0.1, -0.05) is 0 Å². The van der Waals surface area contributed by atoms with E-state index in [4.69, 9.17) is 5.11 Å². The fourth-order valence-corrected chi connectivity index (χ4v) is 0.916. The number of aliphatic hydroxyl groups excluding tert-OH is 1. The second kappa shape index (κ2) is 7.53. The highest BCUT2D eigenvalue weighted by Gasteiger charge is 2.00. The van der Waals surface area contributed by atoms with Gasteiger partial charge in [0.15, 0.2) is 0 Å². The van der Waals surface area contributed by atoms with Gasteiger partial charge in [0.05, 0.1) is 6.61 Å². The highest BCUT2D eigenvalue weighted by molar-refractivity contribution is 4.57. The van der Waals surface area contributed by atoms with Crippen molar-refractivity contribution in [1.82, 2.24) is 10.2 Å². The van der Waals surface area contributed by atoms with Crippen molar-refractivity contribution >= 4 is 0 Å². The van der Waals surface area contributed by atoms with Crippen LogP contribution in [0.2, 0.25) is 0 Å². The van der Waals surface area contributed by atoms with E-state index in [0.29, 0.717) is 12.6 Å². The molecule has 0 amide bonds. The molecule has 0 rings (SSSR count).